The van der Waals surface area contributed by atoms with E-state index in [-0.39, 0.29) is 0 Å². The Bertz CT molecular complexity index is 406. The second kappa shape index (κ2) is 5.87. The smallest absolute Gasteiger partial charge is 0.223 e. The van der Waals surface area contributed by atoms with Crippen molar-refractivity contribution in [2.24, 2.45) is 5.92 Å². The third kappa shape index (κ3) is 3.35. The average Bonchev–Trinajstić information content (AvgIpc) is 2.71. The van der Waals surface area contributed by atoms with Crippen LogP contribution in [0.2, 0.25) is 0 Å². The van der Waals surface area contributed by atoms with Gasteiger partial charge in [-0.25, -0.2) is 9.97 Å². The predicted octanol–water partition coefficient (Wildman–Crippen LogP) is 3.73. The van der Waals surface area contributed by atoms with E-state index in [2.05, 4.69) is 35.2 Å². The molecule has 3 nitrogen and oxygen atoms in total. The van der Waals surface area contributed by atoms with Crippen LogP contribution in [0.3, 0.4) is 0 Å². The number of alkyl halides is 1. The molecule has 1 saturated carbocycles. The summed E-state index contributed by atoms with van der Waals surface area (Å²) in [6.45, 7) is 7.20. The zero-order valence-electron chi connectivity index (χ0n) is 11.4. The number of aromatic nitrogens is 2. The molecule has 1 aliphatic carbocycles. The van der Waals surface area contributed by atoms with Gasteiger partial charge < -0.3 is 5.32 Å². The van der Waals surface area contributed by atoms with Crippen LogP contribution in [-0.4, -0.2) is 21.9 Å². The van der Waals surface area contributed by atoms with Gasteiger partial charge in [0.25, 0.3) is 0 Å². The van der Waals surface area contributed by atoms with Gasteiger partial charge in [-0.1, -0.05) is 20.3 Å². The van der Waals surface area contributed by atoms with Gasteiger partial charge in [0.15, 0.2) is 0 Å². The molecule has 1 N–H and O–H groups in total. The van der Waals surface area contributed by atoms with Crippen molar-refractivity contribution in [1.29, 1.82) is 0 Å². The van der Waals surface area contributed by atoms with E-state index < -0.39 is 0 Å². The fourth-order valence-corrected chi connectivity index (χ4v) is 2.78. The average molecular weight is 268 g/mol. The van der Waals surface area contributed by atoms with Crippen LogP contribution in [-0.2, 0) is 0 Å². The molecule has 0 bridgehead atoms. The fraction of sp³-hybridized carbons (Fsp3) is 0.714. The second-order valence-electron chi connectivity index (χ2n) is 5.50. The van der Waals surface area contributed by atoms with Gasteiger partial charge >= 0.3 is 0 Å². The van der Waals surface area contributed by atoms with E-state index in [0.717, 1.165) is 30.3 Å². The maximum Gasteiger partial charge on any atom is 0.223 e. The minimum absolute atomic E-state index is 0.312. The first-order valence-electron chi connectivity index (χ1n) is 6.80. The van der Waals surface area contributed by atoms with Gasteiger partial charge in [-0.2, -0.15) is 0 Å². The summed E-state index contributed by atoms with van der Waals surface area (Å²) >= 11 is 6.28. The molecule has 1 fully saturated rings. The van der Waals surface area contributed by atoms with E-state index in [9.17, 15) is 0 Å². The normalized spacial score (nSPS) is 23.6. The van der Waals surface area contributed by atoms with Gasteiger partial charge in [-0.15, -0.1) is 11.6 Å². The van der Waals surface area contributed by atoms with Crippen LogP contribution in [0.1, 0.15) is 50.4 Å². The predicted molar refractivity (Wildman–Crippen MR) is 76.3 cm³/mol. The highest BCUT2D eigenvalue weighted by Crippen LogP contribution is 2.30. The van der Waals surface area contributed by atoms with Crippen LogP contribution >= 0.6 is 11.6 Å². The standard InChI is InChI=1S/C14H22ClN3/c1-9(2)13-7-10(3)17-14(18-13)16-8-11-5-4-6-12(11)15/h7,9,11-12H,4-6,8H2,1-3H3,(H,16,17,18). The van der Waals surface area contributed by atoms with Crippen molar-refractivity contribution in [2.45, 2.75) is 51.3 Å². The Morgan fingerprint density at radius 1 is 1.39 bits per heavy atom. The van der Waals surface area contributed by atoms with Crippen molar-refractivity contribution in [1.82, 2.24) is 9.97 Å². The molecule has 0 spiro atoms. The van der Waals surface area contributed by atoms with Gasteiger partial charge in [0.1, 0.15) is 0 Å². The van der Waals surface area contributed by atoms with Gasteiger partial charge in [0.2, 0.25) is 5.95 Å². The van der Waals surface area contributed by atoms with Gasteiger partial charge in [0, 0.05) is 23.3 Å². The van der Waals surface area contributed by atoms with Gasteiger partial charge in [-0.3, -0.25) is 0 Å². The lowest BCUT2D eigenvalue weighted by atomic mass is 10.1. The molecule has 2 atom stereocenters. The molecule has 100 valence electrons. The van der Waals surface area contributed by atoms with Crippen LogP contribution in [0.15, 0.2) is 6.07 Å². The number of hydrogen-bond acceptors (Lipinski definition) is 3. The van der Waals surface area contributed by atoms with Crippen molar-refractivity contribution < 1.29 is 0 Å². The molecular formula is C14H22ClN3. The first-order chi connectivity index (χ1) is 8.56. The van der Waals surface area contributed by atoms with E-state index in [1.54, 1.807) is 0 Å². The lowest BCUT2D eigenvalue weighted by molar-refractivity contribution is 0.583. The Morgan fingerprint density at radius 3 is 2.78 bits per heavy atom. The monoisotopic (exact) mass is 267 g/mol. The number of hydrogen-bond donors (Lipinski definition) is 1. The lowest BCUT2D eigenvalue weighted by Crippen LogP contribution is -2.20. The molecule has 0 saturated heterocycles. The molecule has 1 heterocycles. The highest BCUT2D eigenvalue weighted by Gasteiger charge is 2.25. The number of rotatable bonds is 4. The SMILES string of the molecule is Cc1cc(C(C)C)nc(NCC2CCCC2Cl)n1. The van der Waals surface area contributed by atoms with E-state index >= 15 is 0 Å². The highest BCUT2D eigenvalue weighted by molar-refractivity contribution is 6.20. The van der Waals surface area contributed by atoms with Crippen molar-refractivity contribution in [3.63, 3.8) is 0 Å². The Kier molecular flexibility index (Phi) is 4.44. The molecule has 2 rings (SSSR count). The summed E-state index contributed by atoms with van der Waals surface area (Å²) in [6, 6.07) is 2.05. The maximum atomic E-state index is 6.28. The van der Waals surface area contributed by atoms with Gasteiger partial charge in [-0.05, 0) is 37.7 Å². The molecule has 4 heteroatoms. The number of halogens is 1. The van der Waals surface area contributed by atoms with Crippen LogP contribution in [0.25, 0.3) is 0 Å². The topological polar surface area (TPSA) is 37.8 Å². The van der Waals surface area contributed by atoms with Gasteiger partial charge in [0.05, 0.1) is 0 Å². The summed E-state index contributed by atoms with van der Waals surface area (Å²) in [6.07, 6.45) is 3.59. The van der Waals surface area contributed by atoms with E-state index in [1.165, 1.54) is 12.8 Å². The summed E-state index contributed by atoms with van der Waals surface area (Å²) in [4.78, 5) is 8.99. The summed E-state index contributed by atoms with van der Waals surface area (Å²) in [7, 11) is 0. The Morgan fingerprint density at radius 2 is 2.17 bits per heavy atom. The van der Waals surface area contributed by atoms with Crippen molar-refractivity contribution >= 4 is 17.5 Å². The molecule has 1 aromatic heterocycles. The van der Waals surface area contributed by atoms with Crippen LogP contribution < -0.4 is 5.32 Å². The molecular weight excluding hydrogens is 246 g/mol. The minimum Gasteiger partial charge on any atom is -0.354 e. The first kappa shape index (κ1) is 13.6. The summed E-state index contributed by atoms with van der Waals surface area (Å²) in [5, 5.41) is 3.66. The van der Waals surface area contributed by atoms with Crippen LogP contribution in [0.5, 0.6) is 0 Å². The Hall–Kier alpha value is -0.830. The molecule has 18 heavy (non-hydrogen) atoms. The molecule has 0 radical (unpaired) electrons. The zero-order chi connectivity index (χ0) is 13.1. The molecule has 0 amide bonds. The van der Waals surface area contributed by atoms with Crippen LogP contribution in [0, 0.1) is 12.8 Å². The number of nitrogens with one attached hydrogen (secondary N) is 1. The number of aryl methyl sites for hydroxylation is 1. The highest BCUT2D eigenvalue weighted by atomic mass is 35.5. The number of anilines is 1. The van der Waals surface area contributed by atoms with E-state index in [0.29, 0.717) is 17.2 Å². The molecule has 0 aliphatic heterocycles. The third-order valence-electron chi connectivity index (χ3n) is 3.55. The minimum atomic E-state index is 0.312. The van der Waals surface area contributed by atoms with Crippen molar-refractivity contribution in [3.8, 4) is 0 Å². The zero-order valence-corrected chi connectivity index (χ0v) is 12.2. The van der Waals surface area contributed by atoms with Crippen molar-refractivity contribution in [2.75, 3.05) is 11.9 Å². The molecule has 1 aliphatic rings. The summed E-state index contributed by atoms with van der Waals surface area (Å²) < 4.78 is 0. The van der Waals surface area contributed by atoms with E-state index in [1.807, 2.05) is 6.92 Å². The maximum absolute atomic E-state index is 6.28. The largest absolute Gasteiger partial charge is 0.354 e. The lowest BCUT2D eigenvalue weighted by Gasteiger charge is -2.15. The summed E-state index contributed by atoms with van der Waals surface area (Å²) in [5.41, 5.74) is 2.11. The number of nitrogens with zero attached hydrogens (tertiary/aromatic N) is 2. The molecule has 0 aromatic carbocycles. The third-order valence-corrected chi connectivity index (χ3v) is 4.13. The Labute approximate surface area is 114 Å². The quantitative estimate of drug-likeness (QED) is 0.845. The first-order valence-corrected chi connectivity index (χ1v) is 7.23. The molecule has 2 unspecified atom stereocenters. The Balaban J connectivity index is 2.00. The summed E-state index contributed by atoms with van der Waals surface area (Å²) in [5.74, 6) is 1.73. The van der Waals surface area contributed by atoms with Crippen molar-refractivity contribution in [3.05, 3.63) is 17.5 Å². The molecule has 1 aromatic rings. The second-order valence-corrected chi connectivity index (χ2v) is 6.06. The van der Waals surface area contributed by atoms with E-state index in [4.69, 9.17) is 11.6 Å². The fourth-order valence-electron chi connectivity index (χ4n) is 2.41. The van der Waals surface area contributed by atoms with Crippen LogP contribution in [0.4, 0.5) is 5.95 Å².